The van der Waals surface area contributed by atoms with E-state index in [0.29, 0.717) is 24.9 Å². The van der Waals surface area contributed by atoms with Gasteiger partial charge in [0.2, 0.25) is 5.91 Å². The van der Waals surface area contributed by atoms with Crippen LogP contribution >= 0.6 is 0 Å². The molecule has 118 valence electrons. The predicted octanol–water partition coefficient (Wildman–Crippen LogP) is 2.77. The topological polar surface area (TPSA) is 46.6 Å². The highest BCUT2D eigenvalue weighted by Gasteiger charge is 2.42. The molecule has 0 aromatic heterocycles. The number of methoxy groups -OCH3 is 1. The second kappa shape index (κ2) is 6.11. The Labute approximate surface area is 131 Å². The Balaban J connectivity index is 1.56. The summed E-state index contributed by atoms with van der Waals surface area (Å²) in [5.74, 6) is 2.07. The van der Waals surface area contributed by atoms with Gasteiger partial charge in [-0.25, -0.2) is 0 Å². The van der Waals surface area contributed by atoms with E-state index in [4.69, 9.17) is 4.74 Å². The fourth-order valence-corrected chi connectivity index (χ4v) is 3.25. The van der Waals surface area contributed by atoms with Crippen LogP contribution in [0.3, 0.4) is 0 Å². The highest BCUT2D eigenvalue weighted by molar-refractivity contribution is 5.98. The second-order valence-electron chi connectivity index (χ2n) is 6.51. The molecule has 1 saturated heterocycles. The fraction of sp³-hybridized carbons (Fsp3) is 0.556. The van der Waals surface area contributed by atoms with E-state index in [-0.39, 0.29) is 17.6 Å². The lowest BCUT2D eigenvalue weighted by Crippen LogP contribution is -2.41. The van der Waals surface area contributed by atoms with E-state index in [0.717, 1.165) is 30.6 Å². The maximum atomic E-state index is 12.5. The number of ether oxygens (including phenoxy) is 1. The van der Waals surface area contributed by atoms with Gasteiger partial charge in [-0.2, -0.15) is 0 Å². The molecule has 0 bridgehead atoms. The third-order valence-corrected chi connectivity index (χ3v) is 4.98. The fourth-order valence-electron chi connectivity index (χ4n) is 3.25. The molecule has 1 aromatic carbocycles. The molecule has 4 nitrogen and oxygen atoms in total. The van der Waals surface area contributed by atoms with Crippen LogP contribution in [-0.4, -0.2) is 36.8 Å². The molecule has 22 heavy (non-hydrogen) atoms. The number of likely N-dealkylation sites (tertiary alicyclic amines) is 1. The zero-order valence-electron chi connectivity index (χ0n) is 13.2. The summed E-state index contributed by atoms with van der Waals surface area (Å²) in [6.07, 6.45) is 2.58. The number of hydrogen-bond acceptors (Lipinski definition) is 3. The molecule has 1 aromatic rings. The number of carbonyl (C=O) groups is 2. The zero-order chi connectivity index (χ0) is 15.7. The third-order valence-electron chi connectivity index (χ3n) is 4.98. The third kappa shape index (κ3) is 3.01. The summed E-state index contributed by atoms with van der Waals surface area (Å²) in [6, 6.07) is 7.29. The Morgan fingerprint density at radius 1 is 1.14 bits per heavy atom. The first-order valence-electron chi connectivity index (χ1n) is 8.07. The standard InChI is InChI=1S/C18H23NO3/c1-12-11-16(12)18(21)19-9-7-14(8-10-19)17(20)13-3-5-15(22-2)6-4-13/h3-6,12,14,16H,7-11H2,1-2H3. The van der Waals surface area contributed by atoms with Crippen molar-refractivity contribution in [3.05, 3.63) is 29.8 Å². The van der Waals surface area contributed by atoms with Crippen LogP contribution in [0, 0.1) is 17.8 Å². The second-order valence-corrected chi connectivity index (χ2v) is 6.51. The molecule has 2 fully saturated rings. The summed E-state index contributed by atoms with van der Waals surface area (Å²) < 4.78 is 5.12. The van der Waals surface area contributed by atoms with Gasteiger partial charge < -0.3 is 9.64 Å². The summed E-state index contributed by atoms with van der Waals surface area (Å²) >= 11 is 0. The lowest BCUT2D eigenvalue weighted by molar-refractivity contribution is -0.134. The monoisotopic (exact) mass is 301 g/mol. The van der Waals surface area contributed by atoms with Crippen molar-refractivity contribution in [2.45, 2.75) is 26.2 Å². The highest BCUT2D eigenvalue weighted by Crippen LogP contribution is 2.39. The molecule has 3 rings (SSSR count). The number of Topliss-reactive ketones (excluding diaryl/α,β-unsaturated/α-hetero) is 1. The molecule has 1 amide bonds. The normalized spacial score (nSPS) is 24.9. The molecular weight excluding hydrogens is 278 g/mol. The van der Waals surface area contributed by atoms with Crippen LogP contribution < -0.4 is 4.74 Å². The van der Waals surface area contributed by atoms with Crippen molar-refractivity contribution in [2.24, 2.45) is 17.8 Å². The molecule has 2 atom stereocenters. The summed E-state index contributed by atoms with van der Waals surface area (Å²) in [5.41, 5.74) is 0.737. The zero-order valence-corrected chi connectivity index (χ0v) is 13.2. The number of hydrogen-bond donors (Lipinski definition) is 0. The van der Waals surface area contributed by atoms with E-state index in [1.807, 2.05) is 29.2 Å². The van der Waals surface area contributed by atoms with Gasteiger partial charge in [0.05, 0.1) is 7.11 Å². The molecule has 1 aliphatic heterocycles. The van der Waals surface area contributed by atoms with Crippen LogP contribution in [0.1, 0.15) is 36.5 Å². The molecule has 1 saturated carbocycles. The number of nitrogens with zero attached hydrogens (tertiary/aromatic N) is 1. The van der Waals surface area contributed by atoms with E-state index >= 15 is 0 Å². The maximum absolute atomic E-state index is 12.5. The van der Waals surface area contributed by atoms with Crippen molar-refractivity contribution >= 4 is 11.7 Å². The average Bonchev–Trinajstić information content (AvgIpc) is 3.30. The van der Waals surface area contributed by atoms with Gasteiger partial charge in [0, 0.05) is 30.5 Å². The Kier molecular flexibility index (Phi) is 4.19. The minimum Gasteiger partial charge on any atom is -0.497 e. The Hall–Kier alpha value is -1.84. The van der Waals surface area contributed by atoms with E-state index in [1.165, 1.54) is 0 Å². The Bertz CT molecular complexity index is 558. The van der Waals surface area contributed by atoms with E-state index < -0.39 is 0 Å². The van der Waals surface area contributed by atoms with Crippen LogP contribution in [0.4, 0.5) is 0 Å². The summed E-state index contributed by atoms with van der Waals surface area (Å²) in [7, 11) is 1.62. The van der Waals surface area contributed by atoms with Crippen molar-refractivity contribution in [3.63, 3.8) is 0 Å². The first-order valence-corrected chi connectivity index (χ1v) is 8.07. The summed E-state index contributed by atoms with van der Waals surface area (Å²) in [5, 5.41) is 0. The molecule has 0 N–H and O–H groups in total. The number of amides is 1. The van der Waals surface area contributed by atoms with Gasteiger partial charge in [-0.05, 0) is 49.4 Å². The summed E-state index contributed by atoms with van der Waals surface area (Å²) in [4.78, 5) is 26.7. The van der Waals surface area contributed by atoms with Gasteiger partial charge >= 0.3 is 0 Å². The quantitative estimate of drug-likeness (QED) is 0.803. The van der Waals surface area contributed by atoms with Crippen molar-refractivity contribution in [3.8, 4) is 5.75 Å². The predicted molar refractivity (Wildman–Crippen MR) is 83.9 cm³/mol. The minimum absolute atomic E-state index is 0.0362. The van der Waals surface area contributed by atoms with Gasteiger partial charge in [-0.1, -0.05) is 6.92 Å². The van der Waals surface area contributed by atoms with Crippen LogP contribution in [0.5, 0.6) is 5.75 Å². The largest absolute Gasteiger partial charge is 0.497 e. The van der Waals surface area contributed by atoms with Crippen LogP contribution in [-0.2, 0) is 4.79 Å². The van der Waals surface area contributed by atoms with E-state index in [2.05, 4.69) is 6.92 Å². The number of carbonyl (C=O) groups excluding carboxylic acids is 2. The molecule has 2 unspecified atom stereocenters. The lowest BCUT2D eigenvalue weighted by atomic mass is 9.88. The first kappa shape index (κ1) is 15.1. The molecule has 1 heterocycles. The number of rotatable bonds is 4. The van der Waals surface area contributed by atoms with Gasteiger partial charge in [0.15, 0.2) is 5.78 Å². The number of ketones is 1. The molecule has 4 heteroatoms. The van der Waals surface area contributed by atoms with Crippen molar-refractivity contribution in [1.29, 1.82) is 0 Å². The Morgan fingerprint density at radius 3 is 2.23 bits per heavy atom. The Morgan fingerprint density at radius 2 is 1.73 bits per heavy atom. The SMILES string of the molecule is COc1ccc(C(=O)C2CCN(C(=O)C3CC3C)CC2)cc1. The van der Waals surface area contributed by atoms with E-state index in [9.17, 15) is 9.59 Å². The van der Waals surface area contributed by atoms with Gasteiger partial charge in [0.25, 0.3) is 0 Å². The maximum Gasteiger partial charge on any atom is 0.225 e. The molecule has 2 aliphatic rings. The molecular formula is C18H23NO3. The van der Waals surface area contributed by atoms with Crippen molar-refractivity contribution in [1.82, 2.24) is 4.90 Å². The smallest absolute Gasteiger partial charge is 0.225 e. The number of benzene rings is 1. The minimum atomic E-state index is 0.0362. The molecule has 0 spiro atoms. The first-order chi connectivity index (χ1) is 10.6. The molecule has 1 aliphatic carbocycles. The van der Waals surface area contributed by atoms with Gasteiger partial charge in [-0.3, -0.25) is 9.59 Å². The van der Waals surface area contributed by atoms with Gasteiger partial charge in [-0.15, -0.1) is 0 Å². The molecule has 0 radical (unpaired) electrons. The van der Waals surface area contributed by atoms with Crippen molar-refractivity contribution in [2.75, 3.05) is 20.2 Å². The average molecular weight is 301 g/mol. The lowest BCUT2D eigenvalue weighted by Gasteiger charge is -2.31. The number of piperidine rings is 1. The summed E-state index contributed by atoms with van der Waals surface area (Å²) in [6.45, 7) is 3.56. The van der Waals surface area contributed by atoms with Gasteiger partial charge in [0.1, 0.15) is 5.75 Å². The van der Waals surface area contributed by atoms with E-state index in [1.54, 1.807) is 7.11 Å². The van der Waals surface area contributed by atoms with Crippen molar-refractivity contribution < 1.29 is 14.3 Å². The van der Waals surface area contributed by atoms with Crippen LogP contribution in [0.15, 0.2) is 24.3 Å². The van der Waals surface area contributed by atoms with Crippen LogP contribution in [0.25, 0.3) is 0 Å². The highest BCUT2D eigenvalue weighted by atomic mass is 16.5. The van der Waals surface area contributed by atoms with Crippen LogP contribution in [0.2, 0.25) is 0 Å².